The van der Waals surface area contributed by atoms with Gasteiger partial charge in [0.25, 0.3) is 5.91 Å². The molecule has 0 bridgehead atoms. The molecule has 0 radical (unpaired) electrons. The molecule has 2 aromatic carbocycles. The standard InChI is InChI=1S/C23H23NO5S/c1-15-3-6-17(7-4-15)13-24(18-9-10-30(27,28)14-18)23(26)22-12-20(25)19-11-16(2)5-8-21(19)29-22/h3-8,11-12,18H,9-10,13-14H2,1-2H3/t18-/m0/s1. The lowest BCUT2D eigenvalue weighted by molar-refractivity contribution is 0.0648. The van der Waals surface area contributed by atoms with Crippen LogP contribution in [0.3, 0.4) is 0 Å². The molecule has 4 rings (SSSR count). The van der Waals surface area contributed by atoms with Crippen molar-refractivity contribution in [2.24, 2.45) is 0 Å². The van der Waals surface area contributed by atoms with E-state index in [4.69, 9.17) is 4.42 Å². The van der Waals surface area contributed by atoms with Gasteiger partial charge in [-0.25, -0.2) is 8.42 Å². The first-order chi connectivity index (χ1) is 14.2. The second kappa shape index (κ2) is 7.72. The second-order valence-corrected chi connectivity index (χ2v) is 10.2. The molecule has 1 aliphatic rings. The van der Waals surface area contributed by atoms with Crippen molar-refractivity contribution < 1.29 is 17.6 Å². The molecule has 1 aliphatic heterocycles. The first-order valence-corrected chi connectivity index (χ1v) is 11.7. The Balaban J connectivity index is 1.73. The van der Waals surface area contributed by atoms with Crippen LogP contribution in [-0.2, 0) is 16.4 Å². The van der Waals surface area contributed by atoms with Crippen molar-refractivity contribution in [1.82, 2.24) is 4.90 Å². The van der Waals surface area contributed by atoms with Gasteiger partial charge in [-0.2, -0.15) is 0 Å². The van der Waals surface area contributed by atoms with Crippen molar-refractivity contribution in [3.63, 3.8) is 0 Å². The van der Waals surface area contributed by atoms with Gasteiger partial charge in [-0.3, -0.25) is 9.59 Å². The molecule has 6 nitrogen and oxygen atoms in total. The molecular weight excluding hydrogens is 402 g/mol. The summed E-state index contributed by atoms with van der Waals surface area (Å²) in [4.78, 5) is 27.5. The number of nitrogens with zero attached hydrogens (tertiary/aromatic N) is 1. The van der Waals surface area contributed by atoms with Crippen molar-refractivity contribution in [2.75, 3.05) is 11.5 Å². The van der Waals surface area contributed by atoms with E-state index in [0.29, 0.717) is 17.4 Å². The van der Waals surface area contributed by atoms with E-state index in [1.165, 1.54) is 11.0 Å². The molecule has 0 saturated carbocycles. The summed E-state index contributed by atoms with van der Waals surface area (Å²) in [5, 5.41) is 0.417. The third kappa shape index (κ3) is 4.16. The molecule has 0 unspecified atom stereocenters. The van der Waals surface area contributed by atoms with Crippen LogP contribution in [0.4, 0.5) is 0 Å². The summed E-state index contributed by atoms with van der Waals surface area (Å²) in [5.41, 5.74) is 2.95. The molecule has 1 aromatic heterocycles. The lowest BCUT2D eigenvalue weighted by Gasteiger charge is -2.28. The molecule has 1 fully saturated rings. The zero-order valence-electron chi connectivity index (χ0n) is 16.9. The van der Waals surface area contributed by atoms with Gasteiger partial charge in [0.1, 0.15) is 5.58 Å². The Morgan fingerprint density at radius 2 is 1.77 bits per heavy atom. The van der Waals surface area contributed by atoms with E-state index in [1.54, 1.807) is 12.1 Å². The third-order valence-electron chi connectivity index (χ3n) is 5.48. The number of benzene rings is 2. The van der Waals surface area contributed by atoms with Crippen molar-refractivity contribution in [2.45, 2.75) is 32.9 Å². The highest BCUT2D eigenvalue weighted by Gasteiger charge is 2.36. The Morgan fingerprint density at radius 3 is 2.43 bits per heavy atom. The van der Waals surface area contributed by atoms with Gasteiger partial charge in [0, 0.05) is 18.7 Å². The predicted molar refractivity (Wildman–Crippen MR) is 115 cm³/mol. The monoisotopic (exact) mass is 425 g/mol. The highest BCUT2D eigenvalue weighted by atomic mass is 32.2. The fourth-order valence-electron chi connectivity index (χ4n) is 3.80. The van der Waals surface area contributed by atoms with E-state index in [0.717, 1.165) is 16.7 Å². The molecule has 1 saturated heterocycles. The minimum absolute atomic E-state index is 0.0519. The van der Waals surface area contributed by atoms with Gasteiger partial charge < -0.3 is 9.32 Å². The maximum Gasteiger partial charge on any atom is 0.290 e. The van der Waals surface area contributed by atoms with Crippen LogP contribution in [0.5, 0.6) is 0 Å². The quantitative estimate of drug-likeness (QED) is 0.641. The molecule has 0 N–H and O–H groups in total. The summed E-state index contributed by atoms with van der Waals surface area (Å²) < 4.78 is 29.9. The molecule has 0 aliphatic carbocycles. The van der Waals surface area contributed by atoms with Crippen LogP contribution in [-0.4, -0.2) is 36.8 Å². The van der Waals surface area contributed by atoms with Crippen molar-refractivity contribution in [3.8, 4) is 0 Å². The van der Waals surface area contributed by atoms with Crippen LogP contribution in [0, 0.1) is 13.8 Å². The largest absolute Gasteiger partial charge is 0.451 e. The van der Waals surface area contributed by atoms with E-state index in [-0.39, 0.29) is 29.2 Å². The molecule has 1 amide bonds. The third-order valence-corrected chi connectivity index (χ3v) is 7.23. The van der Waals surface area contributed by atoms with E-state index < -0.39 is 21.8 Å². The molecule has 7 heteroatoms. The SMILES string of the molecule is Cc1ccc(CN(C(=O)c2cc(=O)c3cc(C)ccc3o2)[C@H]2CCS(=O)(=O)C2)cc1. The number of carbonyl (C=O) groups is 1. The van der Waals surface area contributed by atoms with E-state index in [9.17, 15) is 18.0 Å². The number of carbonyl (C=O) groups excluding carboxylic acids is 1. The van der Waals surface area contributed by atoms with Crippen LogP contribution in [0.2, 0.25) is 0 Å². The van der Waals surface area contributed by atoms with Crippen LogP contribution < -0.4 is 5.43 Å². The minimum atomic E-state index is -3.19. The second-order valence-electron chi connectivity index (χ2n) is 7.95. The maximum atomic E-state index is 13.4. The molecule has 30 heavy (non-hydrogen) atoms. The van der Waals surface area contributed by atoms with Crippen LogP contribution in [0.1, 0.15) is 33.7 Å². The van der Waals surface area contributed by atoms with Gasteiger partial charge in [-0.1, -0.05) is 41.5 Å². The zero-order valence-corrected chi connectivity index (χ0v) is 17.7. The topological polar surface area (TPSA) is 84.7 Å². The number of amides is 1. The Kier molecular flexibility index (Phi) is 5.24. The zero-order chi connectivity index (χ0) is 21.5. The average molecular weight is 426 g/mol. The van der Waals surface area contributed by atoms with Crippen LogP contribution >= 0.6 is 0 Å². The fourth-order valence-corrected chi connectivity index (χ4v) is 5.53. The summed E-state index contributed by atoms with van der Waals surface area (Å²) in [6.45, 7) is 4.10. The van der Waals surface area contributed by atoms with Crippen molar-refractivity contribution in [1.29, 1.82) is 0 Å². The summed E-state index contributed by atoms with van der Waals surface area (Å²) >= 11 is 0. The fraction of sp³-hybridized carbons (Fsp3) is 0.304. The summed E-state index contributed by atoms with van der Waals surface area (Å²) in [7, 11) is -3.19. The Morgan fingerprint density at radius 1 is 1.07 bits per heavy atom. The van der Waals surface area contributed by atoms with Gasteiger partial charge in [0.15, 0.2) is 21.0 Å². The first-order valence-electron chi connectivity index (χ1n) is 9.83. The predicted octanol–water partition coefficient (Wildman–Crippen LogP) is 3.24. The number of fused-ring (bicyclic) bond motifs is 1. The summed E-state index contributed by atoms with van der Waals surface area (Å²) in [5.74, 6) is -0.581. The highest BCUT2D eigenvalue weighted by Crippen LogP contribution is 2.23. The number of hydrogen-bond acceptors (Lipinski definition) is 5. The van der Waals surface area contributed by atoms with Gasteiger partial charge >= 0.3 is 0 Å². The van der Waals surface area contributed by atoms with Gasteiger partial charge in [-0.05, 0) is 38.0 Å². The van der Waals surface area contributed by atoms with Gasteiger partial charge in [0.2, 0.25) is 0 Å². The molecule has 156 valence electrons. The van der Waals surface area contributed by atoms with Gasteiger partial charge in [0.05, 0.1) is 16.9 Å². The number of hydrogen-bond donors (Lipinski definition) is 0. The number of sulfone groups is 1. The maximum absolute atomic E-state index is 13.4. The van der Waals surface area contributed by atoms with E-state index in [1.807, 2.05) is 44.2 Å². The minimum Gasteiger partial charge on any atom is -0.451 e. The normalized spacial score (nSPS) is 17.9. The Labute approximate surface area is 175 Å². The number of rotatable bonds is 4. The molecule has 1 atom stereocenters. The van der Waals surface area contributed by atoms with E-state index >= 15 is 0 Å². The molecule has 0 spiro atoms. The lowest BCUT2D eigenvalue weighted by Crippen LogP contribution is -2.40. The summed E-state index contributed by atoms with van der Waals surface area (Å²) in [6, 6.07) is 13.7. The lowest BCUT2D eigenvalue weighted by atomic mass is 10.1. The highest BCUT2D eigenvalue weighted by molar-refractivity contribution is 7.91. The smallest absolute Gasteiger partial charge is 0.290 e. The van der Waals surface area contributed by atoms with Gasteiger partial charge in [-0.15, -0.1) is 0 Å². The van der Waals surface area contributed by atoms with Crippen LogP contribution in [0.25, 0.3) is 11.0 Å². The molecule has 2 heterocycles. The number of aryl methyl sites for hydroxylation is 2. The average Bonchev–Trinajstić information content (AvgIpc) is 3.07. The van der Waals surface area contributed by atoms with Crippen molar-refractivity contribution in [3.05, 3.63) is 81.2 Å². The molecule has 3 aromatic rings. The first kappa shape index (κ1) is 20.3. The Bertz CT molecular complexity index is 1280. The van der Waals surface area contributed by atoms with Crippen LogP contribution in [0.15, 0.2) is 57.7 Å². The molecular formula is C23H23NO5S. The summed E-state index contributed by atoms with van der Waals surface area (Å²) in [6.07, 6.45) is 0.372. The van der Waals surface area contributed by atoms with Crippen molar-refractivity contribution >= 4 is 26.7 Å². The van der Waals surface area contributed by atoms with E-state index in [2.05, 4.69) is 0 Å². The Hall–Kier alpha value is -2.93.